The maximum absolute atomic E-state index is 13.6. The molecule has 110 valence electrons. The van der Waals surface area contributed by atoms with E-state index in [0.29, 0.717) is 15.8 Å². The third-order valence-corrected chi connectivity index (χ3v) is 3.82. The number of nitrogens with one attached hydrogen (secondary N) is 1. The molecule has 0 aliphatic heterocycles. The number of amides is 1. The van der Waals surface area contributed by atoms with E-state index in [9.17, 15) is 9.18 Å². The standard InChI is InChI=1S/C14H11Br2FN2O2/c1-21-12-3-2-7(4-10(12)17)14(20)19-13-9(16)5-8(15)6-11(13)18/h2-6H,18H2,1H3,(H,19,20). The Bertz CT molecular complexity index is 684. The largest absolute Gasteiger partial charge is 0.494 e. The van der Waals surface area contributed by atoms with E-state index in [0.717, 1.165) is 10.5 Å². The summed E-state index contributed by atoms with van der Waals surface area (Å²) in [7, 11) is 1.36. The van der Waals surface area contributed by atoms with Crippen LogP contribution in [0.25, 0.3) is 0 Å². The number of halogens is 3. The lowest BCUT2D eigenvalue weighted by atomic mass is 10.2. The molecule has 0 bridgehead atoms. The Hall–Kier alpha value is -1.60. The minimum absolute atomic E-state index is 0.0795. The summed E-state index contributed by atoms with van der Waals surface area (Å²) in [5.41, 5.74) is 6.84. The number of hydrogen-bond acceptors (Lipinski definition) is 3. The number of rotatable bonds is 3. The first kappa shape index (κ1) is 15.8. The zero-order valence-electron chi connectivity index (χ0n) is 10.9. The van der Waals surface area contributed by atoms with Crippen molar-refractivity contribution in [3.8, 4) is 5.75 Å². The highest BCUT2D eigenvalue weighted by Gasteiger charge is 2.14. The minimum atomic E-state index is -0.604. The van der Waals surface area contributed by atoms with Gasteiger partial charge in [0.05, 0.1) is 18.5 Å². The number of carbonyl (C=O) groups excluding carboxylic acids is 1. The molecule has 0 saturated heterocycles. The summed E-state index contributed by atoms with van der Waals surface area (Å²) in [5.74, 6) is -0.991. The van der Waals surface area contributed by atoms with Crippen molar-refractivity contribution in [1.29, 1.82) is 0 Å². The maximum Gasteiger partial charge on any atom is 0.255 e. The van der Waals surface area contributed by atoms with Crippen LogP contribution >= 0.6 is 31.9 Å². The normalized spacial score (nSPS) is 10.3. The van der Waals surface area contributed by atoms with Gasteiger partial charge in [-0.05, 0) is 46.3 Å². The van der Waals surface area contributed by atoms with Crippen molar-refractivity contribution in [1.82, 2.24) is 0 Å². The predicted octanol–water partition coefficient (Wildman–Crippen LogP) is 4.19. The van der Waals surface area contributed by atoms with Crippen molar-refractivity contribution in [3.05, 3.63) is 50.7 Å². The van der Waals surface area contributed by atoms with Gasteiger partial charge in [0.1, 0.15) is 0 Å². The first-order valence-corrected chi connectivity index (χ1v) is 7.40. The molecule has 2 aromatic rings. The van der Waals surface area contributed by atoms with Crippen LogP contribution in [-0.2, 0) is 0 Å². The molecule has 2 rings (SSSR count). The SMILES string of the molecule is COc1ccc(C(=O)Nc2c(N)cc(Br)cc2Br)cc1F. The van der Waals surface area contributed by atoms with Gasteiger partial charge in [0.25, 0.3) is 5.91 Å². The molecular formula is C14H11Br2FN2O2. The van der Waals surface area contributed by atoms with Crippen LogP contribution in [0.5, 0.6) is 5.75 Å². The highest BCUT2D eigenvalue weighted by atomic mass is 79.9. The lowest BCUT2D eigenvalue weighted by molar-refractivity contribution is 0.102. The fraction of sp³-hybridized carbons (Fsp3) is 0.0714. The van der Waals surface area contributed by atoms with Crippen molar-refractivity contribution in [2.45, 2.75) is 0 Å². The number of methoxy groups -OCH3 is 1. The molecule has 0 aliphatic rings. The average Bonchev–Trinajstić information content (AvgIpc) is 2.42. The second kappa shape index (κ2) is 6.44. The number of anilines is 2. The molecule has 0 atom stereocenters. The van der Waals surface area contributed by atoms with Gasteiger partial charge in [-0.15, -0.1) is 0 Å². The van der Waals surface area contributed by atoms with Gasteiger partial charge < -0.3 is 15.8 Å². The Kier molecular flexibility index (Phi) is 4.84. The third-order valence-electron chi connectivity index (χ3n) is 2.74. The summed E-state index contributed by atoms with van der Waals surface area (Å²) in [6.07, 6.45) is 0. The molecule has 0 saturated carbocycles. The third kappa shape index (κ3) is 3.54. The molecule has 4 nitrogen and oxygen atoms in total. The van der Waals surface area contributed by atoms with Crippen molar-refractivity contribution >= 4 is 49.1 Å². The highest BCUT2D eigenvalue weighted by molar-refractivity contribution is 9.11. The lowest BCUT2D eigenvalue weighted by Gasteiger charge is -2.11. The number of benzene rings is 2. The predicted molar refractivity (Wildman–Crippen MR) is 87.2 cm³/mol. The monoisotopic (exact) mass is 416 g/mol. The molecule has 21 heavy (non-hydrogen) atoms. The molecule has 0 radical (unpaired) electrons. The van der Waals surface area contributed by atoms with Crippen LogP contribution < -0.4 is 15.8 Å². The molecule has 0 fully saturated rings. The van der Waals surface area contributed by atoms with Gasteiger partial charge in [-0.1, -0.05) is 15.9 Å². The van der Waals surface area contributed by atoms with Crippen LogP contribution in [0.4, 0.5) is 15.8 Å². The molecule has 3 N–H and O–H groups in total. The summed E-state index contributed by atoms with van der Waals surface area (Å²) >= 11 is 6.61. The van der Waals surface area contributed by atoms with Gasteiger partial charge in [0.2, 0.25) is 0 Å². The second-order valence-electron chi connectivity index (χ2n) is 4.16. The fourth-order valence-corrected chi connectivity index (χ4v) is 3.08. The van der Waals surface area contributed by atoms with Gasteiger partial charge in [-0.3, -0.25) is 4.79 Å². The van der Waals surface area contributed by atoms with Gasteiger partial charge in [0, 0.05) is 14.5 Å². The molecule has 2 aromatic carbocycles. The van der Waals surface area contributed by atoms with E-state index in [1.807, 2.05) is 0 Å². The van der Waals surface area contributed by atoms with E-state index < -0.39 is 11.7 Å². The fourth-order valence-electron chi connectivity index (χ4n) is 1.72. The summed E-state index contributed by atoms with van der Waals surface area (Å²) in [4.78, 5) is 12.1. The van der Waals surface area contributed by atoms with Gasteiger partial charge in [0.15, 0.2) is 11.6 Å². The Morgan fingerprint density at radius 2 is 2.00 bits per heavy atom. The average molecular weight is 418 g/mol. The summed E-state index contributed by atoms with van der Waals surface area (Å²) in [6, 6.07) is 7.39. The summed E-state index contributed by atoms with van der Waals surface area (Å²) in [5, 5.41) is 2.65. The van der Waals surface area contributed by atoms with Crippen molar-refractivity contribution in [2.75, 3.05) is 18.2 Å². The number of nitrogen functional groups attached to an aromatic ring is 1. The van der Waals surface area contributed by atoms with Crippen LogP contribution in [-0.4, -0.2) is 13.0 Å². The second-order valence-corrected chi connectivity index (χ2v) is 5.93. The number of ether oxygens (including phenoxy) is 1. The Morgan fingerprint density at radius 3 is 2.57 bits per heavy atom. The van der Waals surface area contributed by atoms with E-state index in [1.165, 1.54) is 19.2 Å². The van der Waals surface area contributed by atoms with E-state index in [4.69, 9.17) is 10.5 Å². The van der Waals surface area contributed by atoms with E-state index in [-0.39, 0.29) is 11.3 Å². The molecule has 1 amide bonds. The van der Waals surface area contributed by atoms with Gasteiger partial charge in [-0.2, -0.15) is 0 Å². The Balaban J connectivity index is 2.28. The minimum Gasteiger partial charge on any atom is -0.494 e. The number of carbonyl (C=O) groups is 1. The Labute approximate surface area is 137 Å². The van der Waals surface area contributed by atoms with E-state index >= 15 is 0 Å². The van der Waals surface area contributed by atoms with Crippen LogP contribution in [0.1, 0.15) is 10.4 Å². The van der Waals surface area contributed by atoms with Crippen LogP contribution in [0.3, 0.4) is 0 Å². The topological polar surface area (TPSA) is 64.3 Å². The Morgan fingerprint density at radius 1 is 1.29 bits per heavy atom. The van der Waals surface area contributed by atoms with E-state index in [2.05, 4.69) is 37.2 Å². The molecule has 0 aliphatic carbocycles. The summed E-state index contributed by atoms with van der Waals surface area (Å²) in [6.45, 7) is 0. The summed E-state index contributed by atoms with van der Waals surface area (Å²) < 4.78 is 19.8. The van der Waals surface area contributed by atoms with Crippen molar-refractivity contribution < 1.29 is 13.9 Å². The zero-order chi connectivity index (χ0) is 15.6. The lowest BCUT2D eigenvalue weighted by Crippen LogP contribution is -2.14. The van der Waals surface area contributed by atoms with E-state index in [1.54, 1.807) is 12.1 Å². The molecule has 0 spiro atoms. The quantitative estimate of drug-likeness (QED) is 0.735. The molecule has 0 heterocycles. The molecule has 0 aromatic heterocycles. The molecular weight excluding hydrogens is 407 g/mol. The first-order valence-electron chi connectivity index (χ1n) is 5.81. The number of hydrogen-bond donors (Lipinski definition) is 2. The van der Waals surface area contributed by atoms with Crippen molar-refractivity contribution in [3.63, 3.8) is 0 Å². The van der Waals surface area contributed by atoms with Crippen LogP contribution in [0.2, 0.25) is 0 Å². The maximum atomic E-state index is 13.6. The smallest absolute Gasteiger partial charge is 0.255 e. The van der Waals surface area contributed by atoms with Crippen LogP contribution in [0, 0.1) is 5.82 Å². The van der Waals surface area contributed by atoms with Gasteiger partial charge in [-0.25, -0.2) is 4.39 Å². The molecule has 0 unspecified atom stereocenters. The molecule has 7 heteroatoms. The van der Waals surface area contributed by atoms with Crippen molar-refractivity contribution in [2.24, 2.45) is 0 Å². The van der Waals surface area contributed by atoms with Gasteiger partial charge >= 0.3 is 0 Å². The zero-order valence-corrected chi connectivity index (χ0v) is 14.1. The number of nitrogens with two attached hydrogens (primary N) is 1. The van der Waals surface area contributed by atoms with Crippen LogP contribution in [0.15, 0.2) is 39.3 Å². The highest BCUT2D eigenvalue weighted by Crippen LogP contribution is 2.33. The first-order chi connectivity index (χ1) is 9.92.